The van der Waals surface area contributed by atoms with Crippen LogP contribution >= 0.6 is 0 Å². The molecule has 7 heteroatoms. The van der Waals surface area contributed by atoms with Crippen LogP contribution in [0.3, 0.4) is 0 Å². The number of benzene rings is 2. The van der Waals surface area contributed by atoms with Crippen LogP contribution in [0.1, 0.15) is 11.1 Å². The molecule has 0 aromatic heterocycles. The molecule has 1 heterocycles. The molecule has 0 spiro atoms. The lowest BCUT2D eigenvalue weighted by molar-refractivity contribution is -0.385. The first kappa shape index (κ1) is 14.8. The number of ether oxygens (including phenoxy) is 2. The number of aryl methyl sites for hydroxylation is 1. The van der Waals surface area contributed by atoms with Gasteiger partial charge in [0.15, 0.2) is 11.5 Å². The highest BCUT2D eigenvalue weighted by atomic mass is 16.6. The second kappa shape index (κ2) is 5.96. The largest absolute Gasteiger partial charge is 0.502 e. The lowest BCUT2D eigenvalue weighted by Gasteiger charge is -2.18. The lowest BCUT2D eigenvalue weighted by atomic mass is 10.1. The van der Waals surface area contributed by atoms with Crippen molar-refractivity contribution in [1.29, 1.82) is 0 Å². The molecule has 2 aromatic rings. The summed E-state index contributed by atoms with van der Waals surface area (Å²) in [7, 11) is 0. The number of phenolic OH excluding ortho intramolecular Hbond substituents is 1. The molecule has 7 nitrogen and oxygen atoms in total. The first-order valence-corrected chi connectivity index (χ1v) is 6.96. The smallest absolute Gasteiger partial charge is 0.311 e. The predicted molar refractivity (Wildman–Crippen MR) is 84.2 cm³/mol. The third-order valence-electron chi connectivity index (χ3n) is 3.34. The van der Waals surface area contributed by atoms with E-state index in [1.165, 1.54) is 12.3 Å². The van der Waals surface area contributed by atoms with Crippen LogP contribution in [0.4, 0.5) is 11.4 Å². The molecule has 0 unspecified atom stereocenters. The monoisotopic (exact) mass is 314 g/mol. The van der Waals surface area contributed by atoms with Crippen molar-refractivity contribution in [3.05, 3.63) is 51.6 Å². The number of hydrogen-bond acceptors (Lipinski definition) is 6. The van der Waals surface area contributed by atoms with Crippen LogP contribution in [0.25, 0.3) is 0 Å². The Morgan fingerprint density at radius 3 is 2.70 bits per heavy atom. The molecule has 23 heavy (non-hydrogen) atoms. The van der Waals surface area contributed by atoms with E-state index in [0.29, 0.717) is 36.0 Å². The highest BCUT2D eigenvalue weighted by molar-refractivity contribution is 5.87. The van der Waals surface area contributed by atoms with Gasteiger partial charge in [-0.2, -0.15) is 0 Å². The fraction of sp³-hybridized carbons (Fsp3) is 0.188. The Hall–Kier alpha value is -3.09. The van der Waals surface area contributed by atoms with Crippen molar-refractivity contribution in [2.75, 3.05) is 13.2 Å². The summed E-state index contributed by atoms with van der Waals surface area (Å²) in [5, 5.41) is 20.9. The Morgan fingerprint density at radius 1 is 1.22 bits per heavy atom. The summed E-state index contributed by atoms with van der Waals surface area (Å²) >= 11 is 0. The Balaban J connectivity index is 1.92. The summed E-state index contributed by atoms with van der Waals surface area (Å²) in [5.74, 6) is 0.858. The third-order valence-corrected chi connectivity index (χ3v) is 3.34. The van der Waals surface area contributed by atoms with Gasteiger partial charge in [-0.3, -0.25) is 15.1 Å². The van der Waals surface area contributed by atoms with E-state index in [9.17, 15) is 15.2 Å². The minimum absolute atomic E-state index is 0.284. The molecule has 0 amide bonds. The van der Waals surface area contributed by atoms with Gasteiger partial charge in [0.2, 0.25) is 5.75 Å². The number of phenols is 1. The number of nitro groups is 1. The molecule has 0 aliphatic carbocycles. The second-order valence-electron chi connectivity index (χ2n) is 5.07. The van der Waals surface area contributed by atoms with E-state index in [1.54, 1.807) is 31.2 Å². The number of aromatic hydroxyl groups is 1. The molecule has 0 saturated heterocycles. The average molecular weight is 314 g/mol. The lowest BCUT2D eigenvalue weighted by Crippen LogP contribution is -2.14. The summed E-state index contributed by atoms with van der Waals surface area (Å²) in [6, 6.07) is 8.15. The van der Waals surface area contributed by atoms with Crippen LogP contribution in [0.5, 0.6) is 17.2 Å². The topological polar surface area (TPSA) is 94.2 Å². The van der Waals surface area contributed by atoms with Gasteiger partial charge in [-0.25, -0.2) is 0 Å². The number of nitro benzene ring substituents is 1. The Labute approximate surface area is 132 Å². The average Bonchev–Trinajstić information content (AvgIpc) is 2.55. The number of rotatable bonds is 3. The summed E-state index contributed by atoms with van der Waals surface area (Å²) < 4.78 is 10.9. The van der Waals surface area contributed by atoms with E-state index >= 15 is 0 Å². The van der Waals surface area contributed by atoms with Crippen molar-refractivity contribution in [2.24, 2.45) is 4.99 Å². The molecular weight excluding hydrogens is 300 g/mol. The number of fused-ring (bicyclic) bond motifs is 1. The number of nitrogens with zero attached hydrogens (tertiary/aromatic N) is 2. The predicted octanol–water partition coefficient (Wildman–Crippen LogP) is 3.13. The van der Waals surface area contributed by atoms with Gasteiger partial charge in [0, 0.05) is 23.9 Å². The minimum atomic E-state index is -0.621. The Kier molecular flexibility index (Phi) is 3.84. The number of aliphatic imine (C=N–C) groups is 1. The maximum atomic E-state index is 10.9. The van der Waals surface area contributed by atoms with E-state index in [-0.39, 0.29) is 11.3 Å². The molecule has 1 N–H and O–H groups in total. The molecule has 0 atom stereocenters. The van der Waals surface area contributed by atoms with Gasteiger partial charge in [-0.05, 0) is 30.7 Å². The van der Waals surface area contributed by atoms with E-state index in [2.05, 4.69) is 4.99 Å². The van der Waals surface area contributed by atoms with E-state index in [1.807, 2.05) is 0 Å². The number of hydrogen-bond donors (Lipinski definition) is 1. The van der Waals surface area contributed by atoms with Crippen LogP contribution < -0.4 is 9.47 Å². The molecular formula is C16H14N2O5. The van der Waals surface area contributed by atoms with Gasteiger partial charge in [0.25, 0.3) is 0 Å². The molecule has 2 aromatic carbocycles. The molecule has 0 radical (unpaired) electrons. The maximum absolute atomic E-state index is 10.9. The summed E-state index contributed by atoms with van der Waals surface area (Å²) in [4.78, 5) is 14.6. The van der Waals surface area contributed by atoms with Gasteiger partial charge >= 0.3 is 5.69 Å². The fourth-order valence-corrected chi connectivity index (χ4v) is 2.28. The standard InChI is InChI=1S/C16H14N2O5/c1-10-6-11(16(19)13(7-10)18(20)21)9-17-12-2-3-14-15(8-12)23-5-4-22-14/h2-3,6-9,19H,4-5H2,1H3. The highest BCUT2D eigenvalue weighted by Gasteiger charge is 2.17. The van der Waals surface area contributed by atoms with Gasteiger partial charge in [-0.15, -0.1) is 0 Å². The van der Waals surface area contributed by atoms with Crippen molar-refractivity contribution in [1.82, 2.24) is 0 Å². The van der Waals surface area contributed by atoms with E-state index < -0.39 is 10.7 Å². The van der Waals surface area contributed by atoms with Gasteiger partial charge in [0.1, 0.15) is 13.2 Å². The molecule has 1 aliphatic rings. The zero-order valence-corrected chi connectivity index (χ0v) is 12.4. The van der Waals surface area contributed by atoms with Crippen LogP contribution in [0.2, 0.25) is 0 Å². The minimum Gasteiger partial charge on any atom is -0.502 e. The molecule has 0 fully saturated rings. The summed E-state index contributed by atoms with van der Waals surface area (Å²) in [6.45, 7) is 2.70. The Bertz CT molecular complexity index is 801. The van der Waals surface area contributed by atoms with Gasteiger partial charge in [0.05, 0.1) is 10.6 Å². The quantitative estimate of drug-likeness (QED) is 0.533. The highest BCUT2D eigenvalue weighted by Crippen LogP contribution is 2.34. The van der Waals surface area contributed by atoms with Crippen LogP contribution in [0.15, 0.2) is 35.3 Å². The zero-order valence-electron chi connectivity index (χ0n) is 12.4. The van der Waals surface area contributed by atoms with Crippen molar-refractivity contribution in [2.45, 2.75) is 6.92 Å². The third kappa shape index (κ3) is 3.08. The maximum Gasteiger partial charge on any atom is 0.311 e. The van der Waals surface area contributed by atoms with Crippen LogP contribution in [0, 0.1) is 17.0 Å². The first-order chi connectivity index (χ1) is 11.0. The van der Waals surface area contributed by atoms with Crippen molar-refractivity contribution < 1.29 is 19.5 Å². The van der Waals surface area contributed by atoms with E-state index in [4.69, 9.17) is 9.47 Å². The van der Waals surface area contributed by atoms with Crippen molar-refractivity contribution in [3.63, 3.8) is 0 Å². The fourth-order valence-electron chi connectivity index (χ4n) is 2.28. The molecule has 118 valence electrons. The summed E-state index contributed by atoms with van der Waals surface area (Å²) in [6.07, 6.45) is 1.39. The van der Waals surface area contributed by atoms with Crippen LogP contribution in [-0.2, 0) is 0 Å². The second-order valence-corrected chi connectivity index (χ2v) is 5.07. The van der Waals surface area contributed by atoms with Crippen LogP contribution in [-0.4, -0.2) is 29.5 Å². The van der Waals surface area contributed by atoms with Crippen molar-refractivity contribution >= 4 is 17.6 Å². The SMILES string of the molecule is Cc1cc(C=Nc2ccc3c(c2)OCCO3)c(O)c([N+](=O)[O-])c1. The molecule has 0 saturated carbocycles. The molecule has 1 aliphatic heterocycles. The first-order valence-electron chi connectivity index (χ1n) is 6.96. The summed E-state index contributed by atoms with van der Waals surface area (Å²) in [5.41, 5.74) is 1.20. The van der Waals surface area contributed by atoms with Crippen molar-refractivity contribution in [3.8, 4) is 17.2 Å². The Morgan fingerprint density at radius 2 is 1.96 bits per heavy atom. The molecule has 0 bridgehead atoms. The molecule has 3 rings (SSSR count). The van der Waals surface area contributed by atoms with E-state index in [0.717, 1.165) is 0 Å². The van der Waals surface area contributed by atoms with Gasteiger partial charge in [-0.1, -0.05) is 0 Å². The normalized spacial score (nSPS) is 13.3. The zero-order chi connectivity index (χ0) is 16.4. The van der Waals surface area contributed by atoms with Gasteiger partial charge < -0.3 is 14.6 Å².